The van der Waals surface area contributed by atoms with E-state index < -0.39 is 6.04 Å². The van der Waals surface area contributed by atoms with Crippen molar-refractivity contribution in [3.05, 3.63) is 107 Å². The van der Waals surface area contributed by atoms with Crippen LogP contribution < -0.4 is 4.90 Å². The normalized spacial score (nSPS) is 15.9. The molecule has 1 atom stereocenters. The molecule has 5 heteroatoms. The highest BCUT2D eigenvalue weighted by Crippen LogP contribution is 2.32. The van der Waals surface area contributed by atoms with Gasteiger partial charge in [-0.25, -0.2) is 0 Å². The van der Waals surface area contributed by atoms with Gasteiger partial charge < -0.3 is 10.0 Å². The number of amides is 1. The Kier molecular flexibility index (Phi) is 5.16. The number of halogens is 1. The van der Waals surface area contributed by atoms with Crippen LogP contribution in [0, 0.1) is 0 Å². The summed E-state index contributed by atoms with van der Waals surface area (Å²) in [5.74, 6) is 0.102. The van der Waals surface area contributed by atoms with Crippen molar-refractivity contribution in [2.75, 3.05) is 11.9 Å². The van der Waals surface area contributed by atoms with Gasteiger partial charge in [-0.3, -0.25) is 9.79 Å². The summed E-state index contributed by atoms with van der Waals surface area (Å²) in [5.41, 5.74) is 4.13. The summed E-state index contributed by atoms with van der Waals surface area (Å²) >= 11 is 6.33. The first-order valence-corrected chi connectivity index (χ1v) is 10.8. The molecule has 0 bridgehead atoms. The van der Waals surface area contributed by atoms with E-state index in [0.717, 1.165) is 33.2 Å². The van der Waals surface area contributed by atoms with Gasteiger partial charge in [-0.1, -0.05) is 54.1 Å². The van der Waals surface area contributed by atoms with Crippen LogP contribution in [0.15, 0.2) is 89.9 Å². The number of fused-ring (bicyclic) bond motifs is 2. The standard InChI is InChI=1S/C27H21ClN2O2/c1-30-25-14-11-20(28)16-23(25)26(18-9-12-21(31)13-10-18)29-24(27(30)32)15-19-7-4-6-17-5-2-3-8-22(17)19/h2-14,16,24,31H,15H2,1H3. The molecule has 5 rings (SSSR count). The maximum absolute atomic E-state index is 13.5. The second-order valence-electron chi connectivity index (χ2n) is 7.94. The Morgan fingerprint density at radius 2 is 1.72 bits per heavy atom. The average molecular weight is 441 g/mol. The summed E-state index contributed by atoms with van der Waals surface area (Å²) in [4.78, 5) is 20.2. The molecule has 1 aliphatic rings. The molecule has 1 heterocycles. The van der Waals surface area contributed by atoms with Crippen LogP contribution in [-0.4, -0.2) is 29.8 Å². The monoisotopic (exact) mass is 440 g/mol. The van der Waals surface area contributed by atoms with E-state index >= 15 is 0 Å². The van der Waals surface area contributed by atoms with Crippen LogP contribution >= 0.6 is 11.6 Å². The van der Waals surface area contributed by atoms with Gasteiger partial charge in [0.2, 0.25) is 0 Å². The van der Waals surface area contributed by atoms with Gasteiger partial charge in [0.15, 0.2) is 0 Å². The highest BCUT2D eigenvalue weighted by Gasteiger charge is 2.30. The van der Waals surface area contributed by atoms with Gasteiger partial charge in [0.25, 0.3) is 5.91 Å². The number of hydrogen-bond acceptors (Lipinski definition) is 3. The number of benzene rings is 4. The van der Waals surface area contributed by atoms with E-state index in [-0.39, 0.29) is 11.7 Å². The minimum absolute atomic E-state index is 0.0738. The number of hydrogen-bond donors (Lipinski definition) is 1. The van der Waals surface area contributed by atoms with Crippen molar-refractivity contribution in [3.8, 4) is 5.75 Å². The number of nitrogens with zero attached hydrogens (tertiary/aromatic N) is 2. The van der Waals surface area contributed by atoms with Crippen LogP contribution in [0.2, 0.25) is 5.02 Å². The van der Waals surface area contributed by atoms with Crippen molar-refractivity contribution >= 4 is 39.7 Å². The number of carbonyl (C=O) groups is 1. The first-order valence-electron chi connectivity index (χ1n) is 10.4. The quantitative estimate of drug-likeness (QED) is 0.449. The molecule has 0 saturated carbocycles. The SMILES string of the molecule is CN1C(=O)C(Cc2cccc3ccccc23)N=C(c2ccc(O)cc2)c2cc(Cl)ccc21. The van der Waals surface area contributed by atoms with Gasteiger partial charge in [-0.15, -0.1) is 0 Å². The van der Waals surface area contributed by atoms with Crippen LogP contribution in [0.1, 0.15) is 16.7 Å². The lowest BCUT2D eigenvalue weighted by Gasteiger charge is -2.21. The smallest absolute Gasteiger partial charge is 0.251 e. The molecule has 0 radical (unpaired) electrons. The number of benzodiazepines with no additional fused rings is 1. The van der Waals surface area contributed by atoms with Crippen molar-refractivity contribution in [2.24, 2.45) is 4.99 Å². The van der Waals surface area contributed by atoms with Gasteiger partial charge in [0, 0.05) is 29.6 Å². The van der Waals surface area contributed by atoms with Crippen molar-refractivity contribution in [1.82, 2.24) is 0 Å². The Balaban J connectivity index is 1.67. The molecule has 4 aromatic carbocycles. The number of aromatic hydroxyl groups is 1. The van der Waals surface area contributed by atoms with Gasteiger partial charge in [0.05, 0.1) is 11.4 Å². The van der Waals surface area contributed by atoms with Crippen molar-refractivity contribution in [1.29, 1.82) is 0 Å². The molecule has 0 fully saturated rings. The number of carbonyl (C=O) groups excluding carboxylic acids is 1. The van der Waals surface area contributed by atoms with E-state index in [0.29, 0.717) is 17.2 Å². The predicted molar refractivity (Wildman–Crippen MR) is 130 cm³/mol. The van der Waals surface area contributed by atoms with Gasteiger partial charge >= 0.3 is 0 Å². The minimum Gasteiger partial charge on any atom is -0.508 e. The number of rotatable bonds is 3. The maximum Gasteiger partial charge on any atom is 0.251 e. The molecule has 158 valence electrons. The fourth-order valence-electron chi connectivity index (χ4n) is 4.27. The predicted octanol–water partition coefficient (Wildman–Crippen LogP) is 5.62. The molecule has 1 unspecified atom stereocenters. The van der Waals surface area contributed by atoms with E-state index in [2.05, 4.69) is 24.3 Å². The van der Waals surface area contributed by atoms with Gasteiger partial charge in [0.1, 0.15) is 11.8 Å². The number of likely N-dealkylation sites (N-methyl/N-ethyl adjacent to an activating group) is 1. The lowest BCUT2D eigenvalue weighted by atomic mass is 9.98. The van der Waals surface area contributed by atoms with Crippen LogP contribution in [0.5, 0.6) is 5.75 Å². The first-order chi connectivity index (χ1) is 15.5. The van der Waals surface area contributed by atoms with E-state index in [1.165, 1.54) is 0 Å². The third-order valence-electron chi connectivity index (χ3n) is 5.91. The van der Waals surface area contributed by atoms with Gasteiger partial charge in [-0.2, -0.15) is 0 Å². The van der Waals surface area contributed by atoms with Crippen molar-refractivity contribution in [3.63, 3.8) is 0 Å². The highest BCUT2D eigenvalue weighted by atomic mass is 35.5. The fraction of sp³-hybridized carbons (Fsp3) is 0.111. The second kappa shape index (κ2) is 8.13. The highest BCUT2D eigenvalue weighted by molar-refractivity contribution is 6.32. The van der Waals surface area contributed by atoms with Crippen LogP contribution in [0.4, 0.5) is 5.69 Å². The molecular formula is C27H21ClN2O2. The summed E-state index contributed by atoms with van der Waals surface area (Å²) in [5, 5.41) is 12.6. The summed E-state index contributed by atoms with van der Waals surface area (Å²) in [6.45, 7) is 0. The number of phenols is 1. The summed E-state index contributed by atoms with van der Waals surface area (Å²) in [6.07, 6.45) is 0.480. The largest absolute Gasteiger partial charge is 0.508 e. The average Bonchev–Trinajstić information content (AvgIpc) is 2.90. The van der Waals surface area contributed by atoms with Crippen LogP contribution in [0.3, 0.4) is 0 Å². The topological polar surface area (TPSA) is 52.9 Å². The molecule has 4 nitrogen and oxygen atoms in total. The lowest BCUT2D eigenvalue weighted by Crippen LogP contribution is -2.36. The lowest BCUT2D eigenvalue weighted by molar-refractivity contribution is -0.119. The van der Waals surface area contributed by atoms with E-state index in [9.17, 15) is 9.90 Å². The number of anilines is 1. The third kappa shape index (κ3) is 3.63. The Labute approximate surface area is 191 Å². The zero-order valence-corrected chi connectivity index (χ0v) is 18.3. The van der Waals surface area contributed by atoms with E-state index in [1.807, 2.05) is 42.5 Å². The molecule has 1 aliphatic heterocycles. The number of aliphatic imine (C=N–C) groups is 1. The first kappa shape index (κ1) is 20.3. The molecule has 0 aromatic heterocycles. The van der Waals surface area contributed by atoms with Crippen molar-refractivity contribution < 1.29 is 9.90 Å². The third-order valence-corrected chi connectivity index (χ3v) is 6.14. The molecule has 0 saturated heterocycles. The molecule has 4 aromatic rings. The molecule has 1 N–H and O–H groups in total. The van der Waals surface area contributed by atoms with Gasteiger partial charge in [-0.05, 0) is 58.8 Å². The minimum atomic E-state index is -0.596. The Hall–Kier alpha value is -3.63. The molecule has 0 aliphatic carbocycles. The van der Waals surface area contributed by atoms with Crippen molar-refractivity contribution in [2.45, 2.75) is 12.5 Å². The molecule has 1 amide bonds. The molecule has 0 spiro atoms. The summed E-state index contributed by atoms with van der Waals surface area (Å²) in [6, 6.07) is 26.1. The zero-order chi connectivity index (χ0) is 22.2. The molecular weight excluding hydrogens is 420 g/mol. The van der Waals surface area contributed by atoms with Crippen LogP contribution in [-0.2, 0) is 11.2 Å². The van der Waals surface area contributed by atoms with Crippen LogP contribution in [0.25, 0.3) is 10.8 Å². The fourth-order valence-corrected chi connectivity index (χ4v) is 4.45. The second-order valence-corrected chi connectivity index (χ2v) is 8.38. The maximum atomic E-state index is 13.5. The Morgan fingerprint density at radius 1 is 0.969 bits per heavy atom. The summed E-state index contributed by atoms with van der Waals surface area (Å²) in [7, 11) is 1.78. The zero-order valence-electron chi connectivity index (χ0n) is 17.5. The Bertz CT molecular complexity index is 1360. The number of phenolic OH excluding ortho intramolecular Hbond substituents is 1. The van der Waals surface area contributed by atoms with E-state index in [4.69, 9.17) is 16.6 Å². The summed E-state index contributed by atoms with van der Waals surface area (Å²) < 4.78 is 0. The Morgan fingerprint density at radius 3 is 2.53 bits per heavy atom. The molecule has 32 heavy (non-hydrogen) atoms. The van der Waals surface area contributed by atoms with E-state index in [1.54, 1.807) is 30.1 Å².